The maximum Gasteiger partial charge on any atom is 0.420 e. The van der Waals surface area contributed by atoms with Crippen molar-refractivity contribution < 1.29 is 44.3 Å². The van der Waals surface area contributed by atoms with E-state index in [2.05, 4.69) is 0 Å². The van der Waals surface area contributed by atoms with Crippen molar-refractivity contribution >= 4 is 5.69 Å². The van der Waals surface area contributed by atoms with Crippen molar-refractivity contribution in [2.24, 2.45) is 0 Å². The normalized spacial score (nSPS) is 13.0. The van der Waals surface area contributed by atoms with Gasteiger partial charge in [0.15, 0.2) is 0 Å². The standard InChI is InChI=1S/C15H8F9NO/c16-13(17,18)7-1-3-9(4-2-7)26-11-6-8(25)5-10(14(19,20)21)12(11)15(22,23)24/h1-6H,25H2. The Labute approximate surface area is 140 Å². The second-order valence-electron chi connectivity index (χ2n) is 5.06. The maximum absolute atomic E-state index is 13.1. The molecule has 0 bridgehead atoms. The van der Waals surface area contributed by atoms with Gasteiger partial charge >= 0.3 is 18.5 Å². The summed E-state index contributed by atoms with van der Waals surface area (Å²) in [5, 5.41) is 0. The Morgan fingerprint density at radius 2 is 1.23 bits per heavy atom. The molecule has 0 aliphatic heterocycles. The van der Waals surface area contributed by atoms with Crippen molar-refractivity contribution in [3.8, 4) is 11.5 Å². The molecule has 0 aromatic heterocycles. The van der Waals surface area contributed by atoms with E-state index in [4.69, 9.17) is 10.5 Å². The zero-order valence-electron chi connectivity index (χ0n) is 12.4. The van der Waals surface area contributed by atoms with Gasteiger partial charge in [-0.2, -0.15) is 39.5 Å². The van der Waals surface area contributed by atoms with Gasteiger partial charge in [0.25, 0.3) is 0 Å². The molecule has 142 valence electrons. The number of nitrogens with two attached hydrogens (primary N) is 1. The number of rotatable bonds is 2. The number of benzene rings is 2. The molecule has 0 saturated heterocycles. The molecule has 26 heavy (non-hydrogen) atoms. The van der Waals surface area contributed by atoms with Gasteiger partial charge in [0.1, 0.15) is 17.1 Å². The molecule has 0 saturated carbocycles. The van der Waals surface area contributed by atoms with Crippen LogP contribution in [0.3, 0.4) is 0 Å². The van der Waals surface area contributed by atoms with Gasteiger partial charge in [-0.1, -0.05) is 0 Å². The third-order valence-electron chi connectivity index (χ3n) is 3.12. The highest BCUT2D eigenvalue weighted by Gasteiger charge is 2.46. The molecule has 0 heterocycles. The Kier molecular flexibility index (Phi) is 4.77. The molecule has 0 unspecified atom stereocenters. The third-order valence-corrected chi connectivity index (χ3v) is 3.12. The fourth-order valence-corrected chi connectivity index (χ4v) is 2.07. The highest BCUT2D eigenvalue weighted by Crippen LogP contribution is 2.47. The predicted molar refractivity (Wildman–Crippen MR) is 72.4 cm³/mol. The summed E-state index contributed by atoms with van der Waals surface area (Å²) in [7, 11) is 0. The van der Waals surface area contributed by atoms with E-state index in [0.29, 0.717) is 30.3 Å². The summed E-state index contributed by atoms with van der Waals surface area (Å²) in [6.07, 6.45) is -15.5. The average molecular weight is 389 g/mol. The molecule has 0 fully saturated rings. The summed E-state index contributed by atoms with van der Waals surface area (Å²) in [5.74, 6) is -1.80. The number of nitrogen functional groups attached to an aromatic ring is 1. The SMILES string of the molecule is Nc1cc(Oc2ccc(C(F)(F)F)cc2)c(C(F)(F)F)c(C(F)(F)F)c1. The van der Waals surface area contributed by atoms with E-state index in [-0.39, 0.29) is 6.07 Å². The van der Waals surface area contributed by atoms with E-state index < -0.39 is 52.4 Å². The number of hydrogen-bond donors (Lipinski definition) is 1. The van der Waals surface area contributed by atoms with Crippen molar-refractivity contribution in [2.45, 2.75) is 18.5 Å². The summed E-state index contributed by atoms with van der Waals surface area (Å²) in [5.41, 5.74) is -0.749. The van der Waals surface area contributed by atoms with Crippen LogP contribution in [0.1, 0.15) is 16.7 Å². The van der Waals surface area contributed by atoms with Gasteiger partial charge in [0.2, 0.25) is 0 Å². The van der Waals surface area contributed by atoms with Crippen LogP contribution in [0.2, 0.25) is 0 Å². The van der Waals surface area contributed by atoms with Crippen molar-refractivity contribution in [3.63, 3.8) is 0 Å². The Morgan fingerprint density at radius 3 is 1.65 bits per heavy atom. The van der Waals surface area contributed by atoms with Gasteiger partial charge in [0.05, 0.1) is 11.1 Å². The zero-order valence-corrected chi connectivity index (χ0v) is 12.4. The fourth-order valence-electron chi connectivity index (χ4n) is 2.07. The summed E-state index contributed by atoms with van der Waals surface area (Å²) in [6, 6.07) is 3.00. The van der Waals surface area contributed by atoms with Gasteiger partial charge in [-0.3, -0.25) is 0 Å². The third kappa shape index (κ3) is 4.33. The molecule has 2 rings (SSSR count). The monoisotopic (exact) mass is 389 g/mol. The molecule has 0 aliphatic rings. The van der Waals surface area contributed by atoms with E-state index in [9.17, 15) is 39.5 Å². The van der Waals surface area contributed by atoms with Crippen LogP contribution >= 0.6 is 0 Å². The largest absolute Gasteiger partial charge is 0.457 e. The Morgan fingerprint density at radius 1 is 0.692 bits per heavy atom. The average Bonchev–Trinajstić information content (AvgIpc) is 2.43. The van der Waals surface area contributed by atoms with Crippen LogP contribution in [-0.2, 0) is 18.5 Å². The van der Waals surface area contributed by atoms with Gasteiger partial charge < -0.3 is 10.5 Å². The first-order chi connectivity index (χ1) is 11.7. The van der Waals surface area contributed by atoms with Gasteiger partial charge in [0, 0.05) is 11.8 Å². The second-order valence-corrected chi connectivity index (χ2v) is 5.06. The number of anilines is 1. The smallest absolute Gasteiger partial charge is 0.420 e. The van der Waals surface area contributed by atoms with Gasteiger partial charge in [-0.05, 0) is 30.3 Å². The van der Waals surface area contributed by atoms with E-state index in [1.807, 2.05) is 0 Å². The van der Waals surface area contributed by atoms with Crippen molar-refractivity contribution in [3.05, 3.63) is 53.1 Å². The minimum atomic E-state index is -5.44. The van der Waals surface area contributed by atoms with Crippen LogP contribution in [0.15, 0.2) is 36.4 Å². The van der Waals surface area contributed by atoms with Crippen LogP contribution in [-0.4, -0.2) is 0 Å². The van der Waals surface area contributed by atoms with Crippen molar-refractivity contribution in [1.82, 2.24) is 0 Å². The molecule has 0 atom stereocenters. The summed E-state index contributed by atoms with van der Waals surface area (Å²) in [4.78, 5) is 0. The van der Waals surface area contributed by atoms with E-state index in [1.165, 1.54) is 0 Å². The van der Waals surface area contributed by atoms with Crippen molar-refractivity contribution in [1.29, 1.82) is 0 Å². The maximum atomic E-state index is 13.1. The van der Waals surface area contributed by atoms with Gasteiger partial charge in [-0.15, -0.1) is 0 Å². The highest BCUT2D eigenvalue weighted by molar-refractivity contribution is 5.56. The number of hydrogen-bond acceptors (Lipinski definition) is 2. The lowest BCUT2D eigenvalue weighted by Gasteiger charge is -2.20. The molecule has 0 radical (unpaired) electrons. The Hall–Kier alpha value is -2.59. The number of ether oxygens (including phenoxy) is 1. The number of alkyl halides is 9. The van der Waals surface area contributed by atoms with Crippen LogP contribution in [0.5, 0.6) is 11.5 Å². The lowest BCUT2D eigenvalue weighted by Crippen LogP contribution is -2.18. The molecule has 0 aliphatic carbocycles. The topological polar surface area (TPSA) is 35.2 Å². The molecule has 2 nitrogen and oxygen atoms in total. The molecular weight excluding hydrogens is 381 g/mol. The van der Waals surface area contributed by atoms with Crippen molar-refractivity contribution in [2.75, 3.05) is 5.73 Å². The van der Waals surface area contributed by atoms with Crippen LogP contribution in [0.4, 0.5) is 45.2 Å². The van der Waals surface area contributed by atoms with Crippen LogP contribution in [0.25, 0.3) is 0 Å². The minimum Gasteiger partial charge on any atom is -0.457 e. The second kappa shape index (κ2) is 6.29. The molecule has 0 spiro atoms. The lowest BCUT2D eigenvalue weighted by molar-refractivity contribution is -0.162. The zero-order chi connectivity index (χ0) is 19.9. The molecular formula is C15H8F9NO. The number of halogens is 9. The van der Waals surface area contributed by atoms with E-state index in [0.717, 1.165) is 0 Å². The summed E-state index contributed by atoms with van der Waals surface area (Å²) in [6.45, 7) is 0. The van der Waals surface area contributed by atoms with Crippen LogP contribution < -0.4 is 10.5 Å². The lowest BCUT2D eigenvalue weighted by atomic mass is 10.0. The fraction of sp³-hybridized carbons (Fsp3) is 0.200. The molecule has 2 N–H and O–H groups in total. The van der Waals surface area contributed by atoms with E-state index in [1.54, 1.807) is 0 Å². The molecule has 2 aromatic rings. The predicted octanol–water partition coefficient (Wildman–Crippen LogP) is 6.12. The highest BCUT2D eigenvalue weighted by atomic mass is 19.4. The first kappa shape index (κ1) is 19.7. The van der Waals surface area contributed by atoms with E-state index >= 15 is 0 Å². The molecule has 2 aromatic carbocycles. The quantitative estimate of drug-likeness (QED) is 0.496. The van der Waals surface area contributed by atoms with Crippen LogP contribution in [0, 0.1) is 0 Å². The first-order valence-corrected chi connectivity index (χ1v) is 6.62. The molecule has 11 heteroatoms. The minimum absolute atomic E-state index is 0.0996. The Balaban J connectivity index is 2.54. The van der Waals surface area contributed by atoms with Gasteiger partial charge in [-0.25, -0.2) is 0 Å². The summed E-state index contributed by atoms with van der Waals surface area (Å²) >= 11 is 0. The summed E-state index contributed by atoms with van der Waals surface area (Å²) < 4.78 is 120. The molecule has 0 amide bonds. The Bertz CT molecular complexity index is 789. The first-order valence-electron chi connectivity index (χ1n) is 6.62.